The molecule has 3 rings (SSSR count). The first-order valence-electron chi connectivity index (χ1n) is 7.90. The summed E-state index contributed by atoms with van der Waals surface area (Å²) in [5, 5.41) is 4.28. The molecular weight excluding hydrogens is 286 g/mol. The van der Waals surface area contributed by atoms with E-state index in [0.29, 0.717) is 11.9 Å². The number of guanidine groups is 1. The minimum absolute atomic E-state index is 0.146. The molecule has 5 heteroatoms. The van der Waals surface area contributed by atoms with E-state index in [9.17, 15) is 0 Å². The third-order valence-electron chi connectivity index (χ3n) is 3.94. The van der Waals surface area contributed by atoms with E-state index >= 15 is 0 Å². The minimum Gasteiger partial charge on any atom is -0.293 e. The van der Waals surface area contributed by atoms with Gasteiger partial charge >= 0.3 is 0 Å². The molecule has 1 N–H and O–H groups in total. The Bertz CT molecular complexity index is 846. The number of fused-ring (bicyclic) bond motifs is 1. The molecule has 0 spiro atoms. The number of hydrogen-bond donors (Lipinski definition) is 1. The first-order valence-corrected chi connectivity index (χ1v) is 7.90. The summed E-state index contributed by atoms with van der Waals surface area (Å²) in [7, 11) is 0. The summed E-state index contributed by atoms with van der Waals surface area (Å²) in [6, 6.07) is 4.27. The van der Waals surface area contributed by atoms with Crippen molar-refractivity contribution in [1.29, 1.82) is 0 Å². The molecule has 23 heavy (non-hydrogen) atoms. The summed E-state index contributed by atoms with van der Waals surface area (Å²) in [6.07, 6.45) is 0.869. The number of nitrogens with zero attached hydrogens (tertiary/aromatic N) is 4. The molecule has 1 aliphatic rings. The summed E-state index contributed by atoms with van der Waals surface area (Å²) in [6.45, 7) is 12.4. The number of hydrogen-bond acceptors (Lipinski definition) is 5. The fourth-order valence-electron chi connectivity index (χ4n) is 3.14. The molecular formula is C18H23N5. The maximum absolute atomic E-state index is 4.67. The van der Waals surface area contributed by atoms with Crippen LogP contribution in [-0.4, -0.2) is 27.2 Å². The van der Waals surface area contributed by atoms with E-state index in [1.165, 1.54) is 5.56 Å². The van der Waals surface area contributed by atoms with Crippen molar-refractivity contribution >= 4 is 28.5 Å². The van der Waals surface area contributed by atoms with Crippen LogP contribution in [0.1, 0.15) is 44.0 Å². The average molecular weight is 309 g/mol. The van der Waals surface area contributed by atoms with Crippen molar-refractivity contribution < 1.29 is 0 Å². The maximum Gasteiger partial charge on any atom is 0.230 e. The largest absolute Gasteiger partial charge is 0.293 e. The number of aromatic nitrogens is 2. The van der Waals surface area contributed by atoms with Gasteiger partial charge in [0.05, 0.1) is 16.7 Å². The first kappa shape index (κ1) is 15.6. The van der Waals surface area contributed by atoms with Gasteiger partial charge in [-0.15, -0.1) is 0 Å². The minimum atomic E-state index is -0.146. The summed E-state index contributed by atoms with van der Waals surface area (Å²) < 4.78 is 0. The van der Waals surface area contributed by atoms with E-state index in [4.69, 9.17) is 0 Å². The van der Waals surface area contributed by atoms with Gasteiger partial charge in [0.25, 0.3) is 0 Å². The predicted molar refractivity (Wildman–Crippen MR) is 96.6 cm³/mol. The second kappa shape index (κ2) is 5.41. The van der Waals surface area contributed by atoms with Gasteiger partial charge in [-0.2, -0.15) is 0 Å². The van der Waals surface area contributed by atoms with Gasteiger partial charge in [0.15, 0.2) is 0 Å². The second-order valence-corrected chi connectivity index (χ2v) is 7.01. The van der Waals surface area contributed by atoms with Crippen molar-refractivity contribution in [2.45, 2.75) is 53.5 Å². The number of rotatable bonds is 1. The number of aryl methyl sites for hydroxylation is 3. The molecule has 0 radical (unpaired) electrons. The van der Waals surface area contributed by atoms with Crippen LogP contribution >= 0.6 is 0 Å². The molecule has 0 fully saturated rings. The molecule has 0 aliphatic carbocycles. The normalized spacial score (nSPS) is 17.0. The molecule has 0 amide bonds. The fourth-order valence-corrected chi connectivity index (χ4v) is 3.14. The van der Waals surface area contributed by atoms with Gasteiger partial charge < -0.3 is 0 Å². The van der Waals surface area contributed by atoms with Crippen LogP contribution in [0.3, 0.4) is 0 Å². The van der Waals surface area contributed by atoms with Gasteiger partial charge in [-0.1, -0.05) is 11.6 Å². The third-order valence-corrected chi connectivity index (χ3v) is 3.94. The average Bonchev–Trinajstić information content (AvgIpc) is 2.37. The van der Waals surface area contributed by atoms with Gasteiger partial charge in [0.2, 0.25) is 11.9 Å². The summed E-state index contributed by atoms with van der Waals surface area (Å²) >= 11 is 0. The Morgan fingerprint density at radius 1 is 1.04 bits per heavy atom. The first-order chi connectivity index (χ1) is 10.7. The predicted octanol–water partition coefficient (Wildman–Crippen LogP) is 3.97. The zero-order valence-electron chi connectivity index (χ0n) is 14.7. The van der Waals surface area contributed by atoms with Crippen molar-refractivity contribution in [3.8, 4) is 0 Å². The molecule has 0 saturated heterocycles. The molecule has 0 unspecified atom stereocenters. The SMILES string of the molecule is CC1=NC(Nc2nc(C)c3cc(C)cc(C)c3n2)=NC(C)(C)C1. The Balaban J connectivity index is 2.03. The third kappa shape index (κ3) is 3.23. The van der Waals surface area contributed by atoms with Crippen LogP contribution in [0.2, 0.25) is 0 Å². The maximum atomic E-state index is 4.67. The van der Waals surface area contributed by atoms with Crippen LogP contribution in [0.4, 0.5) is 5.95 Å². The number of anilines is 1. The Kier molecular flexibility index (Phi) is 3.66. The zero-order valence-corrected chi connectivity index (χ0v) is 14.7. The molecule has 1 aliphatic heterocycles. The van der Waals surface area contributed by atoms with Crippen molar-refractivity contribution in [2.24, 2.45) is 9.98 Å². The van der Waals surface area contributed by atoms with Crippen molar-refractivity contribution in [1.82, 2.24) is 9.97 Å². The van der Waals surface area contributed by atoms with Crippen molar-refractivity contribution in [3.05, 3.63) is 29.0 Å². The van der Waals surface area contributed by atoms with Gasteiger partial charge in [-0.25, -0.2) is 20.0 Å². The van der Waals surface area contributed by atoms with Crippen LogP contribution in [-0.2, 0) is 0 Å². The van der Waals surface area contributed by atoms with Crippen molar-refractivity contribution in [3.63, 3.8) is 0 Å². The van der Waals surface area contributed by atoms with Crippen molar-refractivity contribution in [2.75, 3.05) is 5.32 Å². The quantitative estimate of drug-likeness (QED) is 0.867. The van der Waals surface area contributed by atoms with Crippen LogP contribution in [0, 0.1) is 20.8 Å². The highest BCUT2D eigenvalue weighted by atomic mass is 15.2. The van der Waals surface area contributed by atoms with Crippen LogP contribution in [0.15, 0.2) is 22.1 Å². The molecule has 0 atom stereocenters. The zero-order chi connectivity index (χ0) is 16.8. The van der Waals surface area contributed by atoms with Crippen LogP contribution in [0.25, 0.3) is 10.9 Å². The lowest BCUT2D eigenvalue weighted by atomic mass is 9.98. The highest BCUT2D eigenvalue weighted by molar-refractivity contribution is 6.04. The smallest absolute Gasteiger partial charge is 0.230 e. The molecule has 2 aromatic rings. The van der Waals surface area contributed by atoms with E-state index in [-0.39, 0.29) is 5.54 Å². The Hall–Kier alpha value is -2.30. The number of aliphatic imine (C=N–C) groups is 2. The summed E-state index contributed by atoms with van der Waals surface area (Å²) in [5.74, 6) is 1.14. The van der Waals surface area contributed by atoms with E-state index in [1.54, 1.807) is 0 Å². The molecule has 1 aromatic heterocycles. The lowest BCUT2D eigenvalue weighted by molar-refractivity contribution is 0.538. The van der Waals surface area contributed by atoms with E-state index in [0.717, 1.165) is 34.3 Å². The lowest BCUT2D eigenvalue weighted by Crippen LogP contribution is -2.30. The lowest BCUT2D eigenvalue weighted by Gasteiger charge is -2.24. The highest BCUT2D eigenvalue weighted by Gasteiger charge is 2.23. The second-order valence-electron chi connectivity index (χ2n) is 7.01. The van der Waals surface area contributed by atoms with E-state index in [2.05, 4.69) is 65.1 Å². The number of nitrogens with one attached hydrogen (secondary N) is 1. The Labute approximate surface area is 137 Å². The summed E-state index contributed by atoms with van der Waals surface area (Å²) in [5.41, 5.74) is 5.23. The van der Waals surface area contributed by atoms with E-state index in [1.807, 2.05) is 13.8 Å². The van der Waals surface area contributed by atoms with Gasteiger partial charge in [-0.05, 0) is 53.2 Å². The molecule has 2 heterocycles. The number of benzene rings is 1. The monoisotopic (exact) mass is 309 g/mol. The molecule has 120 valence electrons. The molecule has 1 aromatic carbocycles. The van der Waals surface area contributed by atoms with E-state index < -0.39 is 0 Å². The Morgan fingerprint density at radius 2 is 1.78 bits per heavy atom. The highest BCUT2D eigenvalue weighted by Crippen LogP contribution is 2.24. The van der Waals surface area contributed by atoms with Gasteiger partial charge in [0.1, 0.15) is 0 Å². The molecule has 0 saturated carbocycles. The van der Waals surface area contributed by atoms with Crippen LogP contribution in [0.5, 0.6) is 0 Å². The fraction of sp³-hybridized carbons (Fsp3) is 0.444. The Morgan fingerprint density at radius 3 is 2.48 bits per heavy atom. The van der Waals surface area contributed by atoms with Gasteiger partial charge in [-0.3, -0.25) is 5.32 Å². The van der Waals surface area contributed by atoms with Crippen LogP contribution < -0.4 is 5.32 Å². The summed E-state index contributed by atoms with van der Waals surface area (Å²) in [4.78, 5) is 18.4. The van der Waals surface area contributed by atoms with Gasteiger partial charge in [0, 0.05) is 17.5 Å². The topological polar surface area (TPSA) is 62.5 Å². The molecule has 0 bridgehead atoms. The molecule has 5 nitrogen and oxygen atoms in total. The standard InChI is InChI=1S/C18H23N5/c1-10-7-11(2)15-14(8-10)13(4)20-16(21-15)22-17-19-12(3)9-18(5,6)23-17/h7-8H,9H2,1-6H3,(H,20,21,22,23).